The van der Waals surface area contributed by atoms with E-state index in [1.54, 1.807) is 0 Å². The van der Waals surface area contributed by atoms with Gasteiger partial charge in [0.15, 0.2) is 17.3 Å². The fourth-order valence-corrected chi connectivity index (χ4v) is 2.54. The van der Waals surface area contributed by atoms with Crippen molar-refractivity contribution in [3.05, 3.63) is 51.6 Å². The van der Waals surface area contributed by atoms with Gasteiger partial charge in [-0.2, -0.15) is 0 Å². The summed E-state index contributed by atoms with van der Waals surface area (Å²) in [5, 5.41) is 66.1. The second-order valence-electron chi connectivity index (χ2n) is 5.48. The van der Waals surface area contributed by atoms with E-state index < -0.39 is 80.3 Å². The van der Waals surface area contributed by atoms with E-state index in [0.29, 0.717) is 6.07 Å². The highest BCUT2D eigenvalue weighted by Crippen LogP contribution is 2.44. The lowest BCUT2D eigenvalue weighted by Gasteiger charge is -2.15. The van der Waals surface area contributed by atoms with Crippen LogP contribution in [0.15, 0.2) is 18.2 Å². The first-order chi connectivity index (χ1) is 13.4. The van der Waals surface area contributed by atoms with E-state index in [4.69, 9.17) is 10.2 Å². The third-order valence-corrected chi connectivity index (χ3v) is 3.82. The SMILES string of the molecule is O=C(O)c1ccc(C(=O)O)c(C(=O)c2c(O)c(O)c(O)c(C(=O)O)c2C(=O)O)c1. The van der Waals surface area contributed by atoms with Gasteiger partial charge in [-0.15, -0.1) is 0 Å². The molecule has 2 aromatic carbocycles. The molecule has 29 heavy (non-hydrogen) atoms. The number of hydrogen-bond donors (Lipinski definition) is 7. The van der Waals surface area contributed by atoms with Gasteiger partial charge in [-0.25, -0.2) is 19.2 Å². The Hall–Kier alpha value is -4.61. The van der Waals surface area contributed by atoms with Gasteiger partial charge in [0, 0.05) is 5.56 Å². The number of aromatic carboxylic acids is 4. The largest absolute Gasteiger partial charge is 0.504 e. The predicted octanol–water partition coefficient (Wildman–Crippen LogP) is 0.827. The Morgan fingerprint density at radius 1 is 0.552 bits per heavy atom. The average molecular weight is 406 g/mol. The second-order valence-corrected chi connectivity index (χ2v) is 5.48. The van der Waals surface area contributed by atoms with Crippen LogP contribution in [0.3, 0.4) is 0 Å². The zero-order chi connectivity index (χ0) is 22.2. The molecular weight excluding hydrogens is 396 g/mol. The zero-order valence-corrected chi connectivity index (χ0v) is 13.9. The minimum atomic E-state index is -2.11. The van der Waals surface area contributed by atoms with Crippen molar-refractivity contribution in [3.8, 4) is 17.2 Å². The molecule has 0 bridgehead atoms. The van der Waals surface area contributed by atoms with Crippen LogP contribution in [0.2, 0.25) is 0 Å². The van der Waals surface area contributed by atoms with Crippen molar-refractivity contribution in [1.29, 1.82) is 0 Å². The number of carboxylic acids is 4. The molecule has 0 saturated carbocycles. The number of phenols is 3. The third-order valence-electron chi connectivity index (χ3n) is 3.82. The van der Waals surface area contributed by atoms with Crippen LogP contribution in [0.1, 0.15) is 57.4 Å². The maximum atomic E-state index is 12.9. The number of carbonyl (C=O) groups excluding carboxylic acids is 1. The Labute approximate surface area is 159 Å². The summed E-state index contributed by atoms with van der Waals surface area (Å²) < 4.78 is 0. The van der Waals surface area contributed by atoms with Gasteiger partial charge in [0.25, 0.3) is 0 Å². The number of phenolic OH excluding ortho intramolecular Hbond substituents is 2. The normalized spacial score (nSPS) is 10.3. The molecule has 2 aromatic rings. The highest BCUT2D eigenvalue weighted by molar-refractivity contribution is 6.22. The van der Waals surface area contributed by atoms with Crippen LogP contribution in [0.4, 0.5) is 0 Å². The monoisotopic (exact) mass is 406 g/mol. The summed E-state index contributed by atoms with van der Waals surface area (Å²) in [4.78, 5) is 58.3. The number of rotatable bonds is 6. The Morgan fingerprint density at radius 2 is 1.07 bits per heavy atom. The molecule has 0 atom stereocenters. The Balaban J connectivity index is 2.99. The van der Waals surface area contributed by atoms with Gasteiger partial charge in [0.2, 0.25) is 5.75 Å². The topological polar surface area (TPSA) is 227 Å². The molecule has 0 aliphatic carbocycles. The number of benzene rings is 2. The van der Waals surface area contributed by atoms with Crippen LogP contribution >= 0.6 is 0 Å². The van der Waals surface area contributed by atoms with Crippen LogP contribution in [0.25, 0.3) is 0 Å². The number of ketones is 1. The highest BCUT2D eigenvalue weighted by atomic mass is 16.4. The quantitative estimate of drug-likeness (QED) is 0.261. The van der Waals surface area contributed by atoms with E-state index in [2.05, 4.69) is 0 Å². The first kappa shape index (κ1) is 20.7. The Morgan fingerprint density at radius 3 is 1.52 bits per heavy atom. The van der Waals surface area contributed by atoms with Crippen molar-refractivity contribution < 1.29 is 59.7 Å². The van der Waals surface area contributed by atoms with Crippen LogP contribution in [-0.2, 0) is 0 Å². The lowest BCUT2D eigenvalue weighted by atomic mass is 9.89. The van der Waals surface area contributed by atoms with Crippen molar-refractivity contribution >= 4 is 29.7 Å². The summed E-state index contributed by atoms with van der Waals surface area (Å²) in [6.07, 6.45) is 0. The van der Waals surface area contributed by atoms with E-state index in [-0.39, 0.29) is 0 Å². The molecule has 0 aliphatic rings. The Bertz CT molecular complexity index is 1110. The fraction of sp³-hybridized carbons (Fsp3) is 0. The van der Waals surface area contributed by atoms with Gasteiger partial charge in [-0.05, 0) is 18.2 Å². The molecule has 2 rings (SSSR count). The number of carboxylic acid groups (broad SMARTS) is 4. The van der Waals surface area contributed by atoms with Crippen LogP contribution < -0.4 is 0 Å². The summed E-state index contributed by atoms with van der Waals surface area (Å²) in [6.45, 7) is 0. The average Bonchev–Trinajstić information content (AvgIpc) is 2.64. The van der Waals surface area contributed by atoms with Crippen molar-refractivity contribution in [2.75, 3.05) is 0 Å². The van der Waals surface area contributed by atoms with E-state index in [1.165, 1.54) is 0 Å². The van der Waals surface area contributed by atoms with Crippen molar-refractivity contribution in [2.24, 2.45) is 0 Å². The molecular formula is C17H10O12. The summed E-state index contributed by atoms with van der Waals surface area (Å²) in [6, 6.07) is 2.15. The smallest absolute Gasteiger partial charge is 0.340 e. The van der Waals surface area contributed by atoms with E-state index in [9.17, 15) is 49.5 Å². The fourth-order valence-electron chi connectivity index (χ4n) is 2.54. The molecule has 0 radical (unpaired) electrons. The molecule has 150 valence electrons. The molecule has 0 aromatic heterocycles. The summed E-state index contributed by atoms with van der Waals surface area (Å²) in [5.74, 6) is -13.7. The molecule has 0 saturated heterocycles. The van der Waals surface area contributed by atoms with E-state index in [0.717, 1.165) is 12.1 Å². The highest BCUT2D eigenvalue weighted by Gasteiger charge is 2.35. The molecule has 0 heterocycles. The number of hydrogen-bond acceptors (Lipinski definition) is 8. The first-order valence-corrected chi connectivity index (χ1v) is 7.32. The lowest BCUT2D eigenvalue weighted by Crippen LogP contribution is -2.18. The molecule has 0 spiro atoms. The summed E-state index contributed by atoms with van der Waals surface area (Å²) >= 11 is 0. The van der Waals surface area contributed by atoms with Gasteiger partial charge < -0.3 is 35.7 Å². The van der Waals surface area contributed by atoms with Crippen LogP contribution in [0.5, 0.6) is 17.2 Å². The van der Waals surface area contributed by atoms with Gasteiger partial charge in [-0.1, -0.05) is 0 Å². The number of carbonyl (C=O) groups is 5. The van der Waals surface area contributed by atoms with Crippen molar-refractivity contribution in [2.45, 2.75) is 0 Å². The van der Waals surface area contributed by atoms with Crippen molar-refractivity contribution in [1.82, 2.24) is 0 Å². The predicted molar refractivity (Wildman–Crippen MR) is 89.1 cm³/mol. The number of aromatic hydroxyl groups is 3. The summed E-state index contributed by atoms with van der Waals surface area (Å²) in [5.41, 5.74) is -6.50. The molecule has 12 nitrogen and oxygen atoms in total. The van der Waals surface area contributed by atoms with Gasteiger partial charge in [0.05, 0.1) is 22.3 Å². The minimum Gasteiger partial charge on any atom is -0.504 e. The summed E-state index contributed by atoms with van der Waals surface area (Å²) in [7, 11) is 0. The molecule has 12 heteroatoms. The maximum absolute atomic E-state index is 12.9. The van der Waals surface area contributed by atoms with Gasteiger partial charge in [-0.3, -0.25) is 4.79 Å². The molecule has 0 amide bonds. The zero-order valence-electron chi connectivity index (χ0n) is 13.9. The Kier molecular flexibility index (Phi) is 5.13. The lowest BCUT2D eigenvalue weighted by molar-refractivity contribution is 0.0645. The van der Waals surface area contributed by atoms with E-state index in [1.807, 2.05) is 0 Å². The van der Waals surface area contributed by atoms with Gasteiger partial charge >= 0.3 is 23.9 Å². The first-order valence-electron chi connectivity index (χ1n) is 7.32. The minimum absolute atomic E-state index is 0.573. The van der Waals surface area contributed by atoms with Crippen LogP contribution in [0, 0.1) is 0 Å². The maximum Gasteiger partial charge on any atom is 0.340 e. The standard InChI is InChI=1S/C17H10O12/c18-10(6-3-4(14(22)23)1-2-5(6)15(24)25)8-7(16(26)27)9(17(28)29)12(20)13(21)11(8)19/h1-3,19-21H,(H,22,23)(H,24,25)(H,26,27)(H,28,29). The second kappa shape index (κ2) is 7.19. The van der Waals surface area contributed by atoms with E-state index >= 15 is 0 Å². The van der Waals surface area contributed by atoms with Gasteiger partial charge in [0.1, 0.15) is 5.56 Å². The molecule has 0 fully saturated rings. The molecule has 7 N–H and O–H groups in total. The van der Waals surface area contributed by atoms with Crippen LogP contribution in [-0.4, -0.2) is 65.4 Å². The van der Waals surface area contributed by atoms with Crippen molar-refractivity contribution in [3.63, 3.8) is 0 Å². The molecule has 0 aliphatic heterocycles. The molecule has 0 unspecified atom stereocenters. The third kappa shape index (κ3) is 3.37.